The lowest BCUT2D eigenvalue weighted by atomic mass is 10.2. The van der Waals surface area contributed by atoms with E-state index in [4.69, 9.17) is 0 Å². The molecule has 0 radical (unpaired) electrons. The summed E-state index contributed by atoms with van der Waals surface area (Å²) in [6, 6.07) is 9.87. The minimum absolute atomic E-state index is 0.0340. The number of aryl methyl sites for hydroxylation is 2. The Balaban J connectivity index is 2.11. The molecule has 0 atom stereocenters. The number of pyridine rings is 1. The van der Waals surface area contributed by atoms with E-state index in [0.717, 1.165) is 21.4 Å². The van der Waals surface area contributed by atoms with Crippen LogP contribution in [0.25, 0.3) is 0 Å². The molecule has 0 saturated carbocycles. The Kier molecular flexibility index (Phi) is 4.55. The second-order valence-corrected chi connectivity index (χ2v) is 5.79. The molecule has 4 heteroatoms. The van der Waals surface area contributed by atoms with Crippen molar-refractivity contribution in [1.29, 1.82) is 0 Å². The topological polar surface area (TPSA) is 33.0 Å². The van der Waals surface area contributed by atoms with Gasteiger partial charge in [-0.25, -0.2) is 0 Å². The number of benzene rings is 1. The molecule has 0 aliphatic heterocycles. The molecule has 2 rings (SSSR count). The summed E-state index contributed by atoms with van der Waals surface area (Å²) < 4.78 is 2.85. The number of nitrogens with one attached hydrogen (secondary N) is 1. The van der Waals surface area contributed by atoms with Crippen molar-refractivity contribution in [3.05, 3.63) is 57.8 Å². The van der Waals surface area contributed by atoms with Gasteiger partial charge in [-0.1, -0.05) is 6.07 Å². The van der Waals surface area contributed by atoms with Gasteiger partial charge in [-0.15, -0.1) is 0 Å². The normalized spacial score (nSPS) is 10.4. The summed E-state index contributed by atoms with van der Waals surface area (Å²) in [5.74, 6) is -0.0340. The molecule has 2 aromatic rings. The summed E-state index contributed by atoms with van der Waals surface area (Å²) in [6.07, 6.45) is 1.92. The Morgan fingerprint density at radius 3 is 2.70 bits per heavy atom. The van der Waals surface area contributed by atoms with Crippen LogP contribution in [0, 0.1) is 20.8 Å². The molecule has 0 aliphatic carbocycles. The van der Waals surface area contributed by atoms with Crippen molar-refractivity contribution in [2.24, 2.45) is 0 Å². The highest BCUT2D eigenvalue weighted by atomic mass is 79.9. The number of halogens is 1. The molecule has 0 saturated heterocycles. The predicted octanol–water partition coefficient (Wildman–Crippen LogP) is 3.30. The maximum atomic E-state index is 12.1. The highest BCUT2D eigenvalue weighted by Crippen LogP contribution is 2.23. The summed E-state index contributed by atoms with van der Waals surface area (Å²) in [4.78, 5) is 12.1. The fraction of sp³-hybridized carbons (Fsp3) is 0.250. The van der Waals surface area contributed by atoms with Gasteiger partial charge >= 0.3 is 0 Å². The Bertz CT molecular complexity index is 653. The van der Waals surface area contributed by atoms with E-state index < -0.39 is 0 Å². The molecule has 0 bridgehead atoms. The van der Waals surface area contributed by atoms with Gasteiger partial charge in [-0.3, -0.25) is 4.79 Å². The first-order chi connectivity index (χ1) is 9.47. The average Bonchev–Trinajstić information content (AvgIpc) is 2.38. The van der Waals surface area contributed by atoms with Gasteiger partial charge in [0.25, 0.3) is 5.91 Å². The summed E-state index contributed by atoms with van der Waals surface area (Å²) in [5.41, 5.74) is 4.23. The van der Waals surface area contributed by atoms with Crippen molar-refractivity contribution in [1.82, 2.24) is 0 Å². The summed E-state index contributed by atoms with van der Waals surface area (Å²) in [6.45, 7) is 6.39. The molecule has 1 aromatic heterocycles. The van der Waals surface area contributed by atoms with Crippen LogP contribution >= 0.6 is 15.9 Å². The number of anilines is 1. The van der Waals surface area contributed by atoms with E-state index in [1.165, 1.54) is 5.56 Å². The fourth-order valence-electron chi connectivity index (χ4n) is 1.99. The van der Waals surface area contributed by atoms with Gasteiger partial charge in [-0.2, -0.15) is 4.57 Å². The molecule has 1 N–H and O–H groups in total. The average molecular weight is 334 g/mol. The van der Waals surface area contributed by atoms with E-state index in [-0.39, 0.29) is 5.91 Å². The lowest BCUT2D eigenvalue weighted by molar-refractivity contribution is -0.690. The molecule has 0 spiro atoms. The molecule has 3 nitrogen and oxygen atoms in total. The molecule has 104 valence electrons. The smallest absolute Gasteiger partial charge is 0.290 e. The zero-order valence-corrected chi connectivity index (χ0v) is 13.5. The molecule has 1 aromatic carbocycles. The summed E-state index contributed by atoms with van der Waals surface area (Å²) in [7, 11) is 0. The number of aromatic nitrogens is 1. The van der Waals surface area contributed by atoms with E-state index >= 15 is 0 Å². The van der Waals surface area contributed by atoms with Crippen LogP contribution in [0.2, 0.25) is 0 Å². The van der Waals surface area contributed by atoms with E-state index in [9.17, 15) is 4.79 Å². The van der Waals surface area contributed by atoms with Gasteiger partial charge in [0.2, 0.25) is 6.54 Å². The Labute approximate surface area is 127 Å². The Morgan fingerprint density at radius 2 is 2.00 bits per heavy atom. The number of carbonyl (C=O) groups excluding carboxylic acids is 1. The van der Waals surface area contributed by atoms with Gasteiger partial charge in [0.05, 0.1) is 5.69 Å². The standard InChI is InChI=1S/C16H17BrN2O/c1-11-6-7-15(14(17)9-11)18-16(20)10-19-8-4-5-12(2)13(19)3/h4-9H,10H2,1-3H3/p+1. The van der Waals surface area contributed by atoms with Crippen molar-refractivity contribution in [3.8, 4) is 0 Å². The SMILES string of the molecule is Cc1ccc(NC(=O)C[n+]2cccc(C)c2C)c(Br)c1. The minimum Gasteiger partial charge on any atom is -0.320 e. The highest BCUT2D eigenvalue weighted by Gasteiger charge is 2.14. The second kappa shape index (κ2) is 6.18. The molecule has 20 heavy (non-hydrogen) atoms. The van der Waals surface area contributed by atoms with Crippen molar-refractivity contribution in [2.45, 2.75) is 27.3 Å². The van der Waals surface area contributed by atoms with E-state index in [1.54, 1.807) is 0 Å². The van der Waals surface area contributed by atoms with E-state index in [0.29, 0.717) is 6.54 Å². The first-order valence-electron chi connectivity index (χ1n) is 6.49. The third-order valence-corrected chi connectivity index (χ3v) is 3.98. The first kappa shape index (κ1) is 14.7. The Morgan fingerprint density at radius 1 is 1.25 bits per heavy atom. The zero-order chi connectivity index (χ0) is 14.7. The second-order valence-electron chi connectivity index (χ2n) is 4.94. The lowest BCUT2D eigenvalue weighted by Crippen LogP contribution is -2.43. The number of carbonyl (C=O) groups is 1. The van der Waals surface area contributed by atoms with Gasteiger partial charge < -0.3 is 5.32 Å². The largest absolute Gasteiger partial charge is 0.320 e. The third kappa shape index (κ3) is 3.45. The monoisotopic (exact) mass is 333 g/mol. The number of rotatable bonds is 3. The lowest BCUT2D eigenvalue weighted by Gasteiger charge is -2.07. The van der Waals surface area contributed by atoms with Crippen LogP contribution in [-0.2, 0) is 11.3 Å². The van der Waals surface area contributed by atoms with Crippen LogP contribution in [-0.4, -0.2) is 5.91 Å². The quantitative estimate of drug-likeness (QED) is 0.859. The summed E-state index contributed by atoms with van der Waals surface area (Å²) >= 11 is 3.47. The minimum atomic E-state index is -0.0340. The van der Waals surface area contributed by atoms with Crippen LogP contribution in [0.3, 0.4) is 0 Å². The maximum Gasteiger partial charge on any atom is 0.290 e. The zero-order valence-electron chi connectivity index (χ0n) is 11.9. The number of nitrogens with zero attached hydrogens (tertiary/aromatic N) is 1. The molecular formula is C16H18BrN2O+. The van der Waals surface area contributed by atoms with Crippen LogP contribution in [0.1, 0.15) is 16.8 Å². The highest BCUT2D eigenvalue weighted by molar-refractivity contribution is 9.10. The Hall–Kier alpha value is -1.68. The van der Waals surface area contributed by atoms with Crippen molar-refractivity contribution >= 4 is 27.5 Å². The van der Waals surface area contributed by atoms with Crippen LogP contribution in [0.5, 0.6) is 0 Å². The van der Waals surface area contributed by atoms with Gasteiger partial charge in [0.15, 0.2) is 11.9 Å². The van der Waals surface area contributed by atoms with Gasteiger partial charge in [-0.05, 0) is 53.5 Å². The third-order valence-electron chi connectivity index (χ3n) is 3.33. The molecule has 0 unspecified atom stereocenters. The van der Waals surface area contributed by atoms with E-state index in [2.05, 4.69) is 21.2 Å². The van der Waals surface area contributed by atoms with Crippen LogP contribution in [0.15, 0.2) is 41.0 Å². The van der Waals surface area contributed by atoms with Crippen molar-refractivity contribution < 1.29 is 9.36 Å². The maximum absolute atomic E-state index is 12.1. The molecule has 0 aliphatic rings. The van der Waals surface area contributed by atoms with Crippen molar-refractivity contribution in [2.75, 3.05) is 5.32 Å². The predicted molar refractivity (Wildman–Crippen MR) is 83.6 cm³/mol. The summed E-state index contributed by atoms with van der Waals surface area (Å²) in [5, 5.41) is 2.93. The van der Waals surface area contributed by atoms with Gasteiger partial charge in [0.1, 0.15) is 0 Å². The molecule has 0 fully saturated rings. The molecule has 1 heterocycles. The van der Waals surface area contributed by atoms with Gasteiger partial charge in [0, 0.05) is 23.0 Å². The molecule has 1 amide bonds. The number of hydrogen-bond acceptors (Lipinski definition) is 1. The van der Waals surface area contributed by atoms with E-state index in [1.807, 2.05) is 61.9 Å². The molecular weight excluding hydrogens is 316 g/mol. The number of hydrogen-bond donors (Lipinski definition) is 1. The number of amides is 1. The van der Waals surface area contributed by atoms with Crippen molar-refractivity contribution in [3.63, 3.8) is 0 Å². The van der Waals surface area contributed by atoms with Crippen LogP contribution in [0.4, 0.5) is 5.69 Å². The fourth-order valence-corrected chi connectivity index (χ4v) is 2.58. The van der Waals surface area contributed by atoms with Crippen LogP contribution < -0.4 is 9.88 Å². The first-order valence-corrected chi connectivity index (χ1v) is 7.28.